The number of allylic oxidation sites excluding steroid dienone is 6. The minimum absolute atomic E-state index is 0.0298. The topological polar surface area (TPSA) is 168 Å². The Morgan fingerprint density at radius 2 is 1.26 bits per heavy atom. The zero-order chi connectivity index (χ0) is 44.8. The first-order chi connectivity index (χ1) is 29.5. The third kappa shape index (κ3) is 31.7. The first-order valence-corrected chi connectivity index (χ1v) is 25.1. The molecule has 0 saturated carbocycles. The summed E-state index contributed by atoms with van der Waals surface area (Å²) in [6, 6.07) is 0. The second-order valence-electron chi connectivity index (χ2n) is 16.1. The molecule has 0 fully saturated rings. The highest BCUT2D eigenvalue weighted by molar-refractivity contribution is 7.47. The Hall–Kier alpha value is -2.79. The smallest absolute Gasteiger partial charge is 0.466 e. The van der Waals surface area contributed by atoms with Crippen LogP contribution in [0.25, 0.3) is 0 Å². The van der Waals surface area contributed by atoms with Crippen LogP contribution in [0.2, 0.25) is 0 Å². The number of carbonyl (C=O) groups is 2. The van der Waals surface area contributed by atoms with E-state index >= 15 is 0 Å². The van der Waals surface area contributed by atoms with Crippen molar-refractivity contribution in [3.05, 3.63) is 71.3 Å². The largest absolute Gasteiger partial charge is 0.472 e. The van der Waals surface area contributed by atoms with Crippen molar-refractivity contribution in [1.82, 2.24) is 0 Å². The summed E-state index contributed by atoms with van der Waals surface area (Å²) in [5.41, 5.74) is 8.03. The number of hydrogen-bond donors (Lipinski definition) is 3. The van der Waals surface area contributed by atoms with Crippen molar-refractivity contribution in [3.63, 3.8) is 0 Å². The molecular formula is C49H84NO10P. The van der Waals surface area contributed by atoms with Gasteiger partial charge in [-0.2, -0.15) is 0 Å². The fourth-order valence-corrected chi connectivity index (χ4v) is 7.42. The molecule has 0 amide bonds. The fourth-order valence-electron chi connectivity index (χ4n) is 6.65. The average molecular weight is 878 g/mol. The van der Waals surface area contributed by atoms with E-state index in [9.17, 15) is 24.2 Å². The Bertz CT molecular complexity index is 1430. The number of rotatable bonds is 40. The van der Waals surface area contributed by atoms with Gasteiger partial charge in [0.15, 0.2) is 6.10 Å². The highest BCUT2D eigenvalue weighted by atomic mass is 31.2. The van der Waals surface area contributed by atoms with Crippen LogP contribution in [0, 0.1) is 13.8 Å². The van der Waals surface area contributed by atoms with Crippen molar-refractivity contribution < 1.29 is 47.1 Å². The first-order valence-electron chi connectivity index (χ1n) is 23.6. The summed E-state index contributed by atoms with van der Waals surface area (Å²) in [7, 11) is -4.42. The molecule has 1 heterocycles. The summed E-state index contributed by atoms with van der Waals surface area (Å²) in [6.45, 7) is 7.88. The molecule has 1 aromatic rings. The van der Waals surface area contributed by atoms with Crippen LogP contribution >= 0.6 is 7.82 Å². The van der Waals surface area contributed by atoms with Crippen LogP contribution < -0.4 is 5.73 Å². The molecule has 350 valence electrons. The number of aliphatic hydroxyl groups is 1. The van der Waals surface area contributed by atoms with Gasteiger partial charge in [0.2, 0.25) is 0 Å². The van der Waals surface area contributed by atoms with E-state index in [-0.39, 0.29) is 32.6 Å². The minimum Gasteiger partial charge on any atom is -0.466 e. The summed E-state index contributed by atoms with van der Waals surface area (Å²) in [4.78, 5) is 35.0. The zero-order valence-electron chi connectivity index (χ0n) is 38.5. The lowest BCUT2D eigenvalue weighted by atomic mass is 10.0. The Balaban J connectivity index is 2.28. The molecule has 0 saturated heterocycles. The Morgan fingerprint density at radius 1 is 0.689 bits per heavy atom. The van der Waals surface area contributed by atoms with Crippen molar-refractivity contribution in [1.29, 1.82) is 0 Å². The highest BCUT2D eigenvalue weighted by Crippen LogP contribution is 2.43. The average Bonchev–Trinajstić information content (AvgIpc) is 3.51. The van der Waals surface area contributed by atoms with Crippen molar-refractivity contribution >= 4 is 19.8 Å². The SMILES string of the molecule is CCCCC/C=C\C=C/[C@@H](O)C/C=C\C/C=C/CCCC(=O)OC[C@H](COP(=O)(O)OCCN)OC(=O)CCCCCCCCCCCCc1oc(CCCCC)c(C)c1C. The maximum absolute atomic E-state index is 12.7. The van der Waals surface area contributed by atoms with E-state index in [0.29, 0.717) is 25.7 Å². The molecule has 4 N–H and O–H groups in total. The maximum atomic E-state index is 12.7. The summed E-state index contributed by atoms with van der Waals surface area (Å²) in [5.74, 6) is 1.41. The quantitative estimate of drug-likeness (QED) is 0.0189. The van der Waals surface area contributed by atoms with Crippen LogP contribution in [0.5, 0.6) is 0 Å². The number of carbonyl (C=O) groups excluding carboxylic acids is 2. The predicted molar refractivity (Wildman–Crippen MR) is 247 cm³/mol. The fraction of sp³-hybridized carbons (Fsp3) is 0.714. The molecule has 12 heteroatoms. The highest BCUT2D eigenvalue weighted by Gasteiger charge is 2.26. The van der Waals surface area contributed by atoms with Gasteiger partial charge in [-0.25, -0.2) is 4.57 Å². The lowest BCUT2D eigenvalue weighted by molar-refractivity contribution is -0.161. The Kier molecular flexibility index (Phi) is 34.8. The van der Waals surface area contributed by atoms with Gasteiger partial charge in [0, 0.05) is 32.2 Å². The molecule has 1 aromatic heterocycles. The minimum atomic E-state index is -4.42. The number of furan rings is 1. The molecule has 0 aromatic carbocycles. The van der Waals surface area contributed by atoms with Crippen LogP contribution in [0.4, 0.5) is 0 Å². The second-order valence-corrected chi connectivity index (χ2v) is 17.5. The summed E-state index contributed by atoms with van der Waals surface area (Å²) < 4.78 is 39.0. The zero-order valence-corrected chi connectivity index (χ0v) is 39.4. The molecule has 1 rings (SSSR count). The van der Waals surface area contributed by atoms with Crippen molar-refractivity contribution in [2.24, 2.45) is 5.73 Å². The van der Waals surface area contributed by atoms with E-state index < -0.39 is 38.6 Å². The molecule has 0 aliphatic heterocycles. The number of aryl methyl sites for hydroxylation is 2. The Labute approximate surface area is 369 Å². The van der Waals surface area contributed by atoms with Gasteiger partial charge in [-0.15, -0.1) is 0 Å². The van der Waals surface area contributed by atoms with Crippen molar-refractivity contribution in [3.8, 4) is 0 Å². The molecule has 0 bridgehead atoms. The third-order valence-electron chi connectivity index (χ3n) is 10.5. The van der Waals surface area contributed by atoms with Gasteiger partial charge in [-0.1, -0.05) is 140 Å². The number of aliphatic hydroxyl groups excluding tert-OH is 1. The van der Waals surface area contributed by atoms with Crippen LogP contribution in [-0.2, 0) is 45.5 Å². The molecule has 11 nitrogen and oxygen atoms in total. The second kappa shape index (κ2) is 37.7. The lowest BCUT2D eigenvalue weighted by Crippen LogP contribution is -2.29. The number of hydrogen-bond acceptors (Lipinski definition) is 10. The first kappa shape index (κ1) is 56.2. The number of esters is 2. The van der Waals surface area contributed by atoms with Crippen LogP contribution in [-0.4, -0.2) is 60.5 Å². The number of nitrogens with two attached hydrogens (primary N) is 1. The van der Waals surface area contributed by atoms with E-state index in [1.165, 1.54) is 93.3 Å². The number of ether oxygens (including phenoxy) is 2. The van der Waals surface area contributed by atoms with Gasteiger partial charge in [0.25, 0.3) is 0 Å². The molecular weight excluding hydrogens is 794 g/mol. The standard InChI is InChI=1S/C49H84NO10P/c1-5-7-9-10-16-21-27-32-44(51)33-28-22-17-15-20-24-30-36-48(52)56-40-45(41-58-61(54,55)57-39-38-50)59-49(53)37-31-25-19-14-12-11-13-18-23-29-35-47-43(4)42(3)46(60-47)34-26-8-6-2/h15-16,20-22,27-28,32,44-45,51H,5-14,17-19,23-26,29-31,33-41,50H2,1-4H3,(H,54,55)/b20-15+,21-16-,28-22-,32-27-/t44-,45-/m1/s1. The van der Waals surface area contributed by atoms with Crippen LogP contribution in [0.15, 0.2) is 53.0 Å². The van der Waals surface area contributed by atoms with Crippen LogP contribution in [0.1, 0.15) is 184 Å². The molecule has 0 aliphatic carbocycles. The summed E-state index contributed by atoms with van der Waals surface area (Å²) >= 11 is 0. The lowest BCUT2D eigenvalue weighted by Gasteiger charge is -2.19. The van der Waals surface area contributed by atoms with E-state index in [1.807, 2.05) is 36.5 Å². The molecule has 1 unspecified atom stereocenters. The van der Waals surface area contributed by atoms with Gasteiger partial charge in [-0.05, 0) is 82.8 Å². The van der Waals surface area contributed by atoms with E-state index in [4.69, 9.17) is 28.7 Å². The monoisotopic (exact) mass is 878 g/mol. The summed E-state index contributed by atoms with van der Waals surface area (Å²) in [5, 5.41) is 10.1. The van der Waals surface area contributed by atoms with E-state index in [1.54, 1.807) is 6.08 Å². The number of phosphoric ester groups is 1. The number of unbranched alkanes of at least 4 members (excludes halogenated alkanes) is 15. The van der Waals surface area contributed by atoms with Gasteiger partial charge < -0.3 is 29.6 Å². The third-order valence-corrected chi connectivity index (χ3v) is 11.5. The van der Waals surface area contributed by atoms with Crippen molar-refractivity contribution in [2.75, 3.05) is 26.4 Å². The van der Waals surface area contributed by atoms with E-state index in [2.05, 4.69) is 33.8 Å². The maximum Gasteiger partial charge on any atom is 0.472 e. The van der Waals surface area contributed by atoms with Gasteiger partial charge in [0.1, 0.15) is 18.1 Å². The van der Waals surface area contributed by atoms with Crippen molar-refractivity contribution in [2.45, 2.75) is 200 Å². The van der Waals surface area contributed by atoms with Crippen LogP contribution in [0.3, 0.4) is 0 Å². The summed E-state index contributed by atoms with van der Waals surface area (Å²) in [6.07, 6.45) is 38.5. The predicted octanol–water partition coefficient (Wildman–Crippen LogP) is 12.1. The molecule has 61 heavy (non-hydrogen) atoms. The molecule has 0 aliphatic rings. The Morgan fingerprint density at radius 3 is 1.92 bits per heavy atom. The molecule has 3 atom stereocenters. The van der Waals surface area contributed by atoms with Gasteiger partial charge in [0.05, 0.1) is 19.3 Å². The number of phosphoric acid groups is 1. The normalized spacial score (nSPS) is 14.1. The molecule has 0 radical (unpaired) electrons. The van der Waals surface area contributed by atoms with E-state index in [0.717, 1.165) is 51.4 Å². The van der Waals surface area contributed by atoms with Gasteiger partial charge >= 0.3 is 19.8 Å². The molecule has 0 spiro atoms. The van der Waals surface area contributed by atoms with Gasteiger partial charge in [-0.3, -0.25) is 18.6 Å².